The molecule has 1 aromatic carbocycles. The molecule has 1 amide bonds. The van der Waals surface area contributed by atoms with Crippen LogP contribution in [0.25, 0.3) is 0 Å². The first kappa shape index (κ1) is 24.7. The fraction of sp³-hybridized carbons (Fsp3) is 0.370. The Bertz CT molecular complexity index is 1240. The van der Waals surface area contributed by atoms with Gasteiger partial charge in [-0.15, -0.1) is 0 Å². The van der Waals surface area contributed by atoms with Gasteiger partial charge in [0.05, 0.1) is 28.5 Å². The highest BCUT2D eigenvalue weighted by molar-refractivity contribution is 7.80. The summed E-state index contributed by atoms with van der Waals surface area (Å²) in [7, 11) is 0. The lowest BCUT2D eigenvalue weighted by molar-refractivity contribution is -0.118. The maximum absolute atomic E-state index is 12.2. The van der Waals surface area contributed by atoms with Crippen LogP contribution in [0.1, 0.15) is 50.2 Å². The van der Waals surface area contributed by atoms with Gasteiger partial charge in [0.25, 0.3) is 0 Å². The standard InChI is InChI=1S/C27H30ClN5O2S/c1-17(2)26(34)30-21-11-10-18(15-20(21)28)33-25(24(31-27(33)36)22-8-3-4-12-29-22)23-9-5-13-32(23)16-19-7-6-14-35-19/h3-5,8-13,15,17,19,24-25H,6-7,14,16H2,1-2H3,(H,30,34)(H,31,36)/t19-,24+,25-/m0/s1. The number of carbonyl (C=O) groups is 1. The zero-order valence-electron chi connectivity index (χ0n) is 20.4. The summed E-state index contributed by atoms with van der Waals surface area (Å²) >= 11 is 12.5. The molecule has 0 aliphatic carbocycles. The molecule has 188 valence electrons. The van der Waals surface area contributed by atoms with E-state index in [1.54, 1.807) is 6.20 Å². The van der Waals surface area contributed by atoms with E-state index in [1.807, 2.05) is 50.2 Å². The molecule has 9 heteroatoms. The van der Waals surface area contributed by atoms with Crippen LogP contribution in [-0.2, 0) is 16.1 Å². The van der Waals surface area contributed by atoms with Crippen LogP contribution in [0.5, 0.6) is 0 Å². The summed E-state index contributed by atoms with van der Waals surface area (Å²) in [6.07, 6.45) is 6.26. The average Bonchev–Trinajstić information content (AvgIpc) is 3.61. The van der Waals surface area contributed by atoms with Crippen molar-refractivity contribution in [3.63, 3.8) is 0 Å². The van der Waals surface area contributed by atoms with Crippen LogP contribution in [0.2, 0.25) is 5.02 Å². The molecule has 3 atom stereocenters. The Kier molecular flexibility index (Phi) is 7.27. The van der Waals surface area contributed by atoms with E-state index >= 15 is 0 Å². The number of rotatable bonds is 7. The molecular formula is C27H30ClN5O2S. The Morgan fingerprint density at radius 1 is 1.28 bits per heavy atom. The quantitative estimate of drug-likeness (QED) is 0.399. The summed E-state index contributed by atoms with van der Waals surface area (Å²) in [4.78, 5) is 18.9. The van der Waals surface area contributed by atoms with Gasteiger partial charge in [0.2, 0.25) is 5.91 Å². The minimum absolute atomic E-state index is 0.0805. The highest BCUT2D eigenvalue weighted by atomic mass is 35.5. The van der Waals surface area contributed by atoms with Crippen molar-refractivity contribution in [2.75, 3.05) is 16.8 Å². The van der Waals surface area contributed by atoms with Crippen molar-refractivity contribution in [1.29, 1.82) is 0 Å². The number of carbonyl (C=O) groups excluding carboxylic acids is 1. The van der Waals surface area contributed by atoms with Crippen molar-refractivity contribution >= 4 is 46.2 Å². The Balaban J connectivity index is 1.53. The molecule has 2 N–H and O–H groups in total. The lowest BCUT2D eigenvalue weighted by Gasteiger charge is -2.29. The second-order valence-electron chi connectivity index (χ2n) is 9.53. The molecule has 3 aromatic rings. The van der Waals surface area contributed by atoms with Crippen LogP contribution in [0.3, 0.4) is 0 Å². The highest BCUT2D eigenvalue weighted by Crippen LogP contribution is 2.43. The van der Waals surface area contributed by atoms with E-state index in [4.69, 9.17) is 28.6 Å². The Morgan fingerprint density at radius 3 is 2.83 bits per heavy atom. The van der Waals surface area contributed by atoms with Crippen LogP contribution >= 0.6 is 23.8 Å². The number of ether oxygens (including phenoxy) is 1. The monoisotopic (exact) mass is 523 g/mol. The first-order valence-corrected chi connectivity index (χ1v) is 13.1. The van der Waals surface area contributed by atoms with Gasteiger partial charge in [0.1, 0.15) is 6.04 Å². The highest BCUT2D eigenvalue weighted by Gasteiger charge is 2.42. The average molecular weight is 524 g/mol. The van der Waals surface area contributed by atoms with Gasteiger partial charge in [-0.1, -0.05) is 31.5 Å². The number of thiocarbonyl (C=S) groups is 1. The van der Waals surface area contributed by atoms with E-state index in [2.05, 4.69) is 43.4 Å². The molecule has 4 heterocycles. The molecule has 2 aliphatic rings. The fourth-order valence-electron chi connectivity index (χ4n) is 4.84. The number of anilines is 2. The number of benzene rings is 1. The molecule has 0 unspecified atom stereocenters. The van der Waals surface area contributed by atoms with E-state index in [1.165, 1.54) is 0 Å². The van der Waals surface area contributed by atoms with E-state index in [0.29, 0.717) is 15.8 Å². The second kappa shape index (κ2) is 10.6. The molecule has 0 spiro atoms. The van der Waals surface area contributed by atoms with Gasteiger partial charge in [0.15, 0.2) is 5.11 Å². The van der Waals surface area contributed by atoms with Gasteiger partial charge in [-0.3, -0.25) is 9.78 Å². The summed E-state index contributed by atoms with van der Waals surface area (Å²) in [5, 5.41) is 7.44. The summed E-state index contributed by atoms with van der Waals surface area (Å²) in [5.74, 6) is -0.223. The second-order valence-corrected chi connectivity index (χ2v) is 10.3. The van der Waals surface area contributed by atoms with Gasteiger partial charge in [-0.05, 0) is 67.5 Å². The Hall–Kier alpha value is -2.94. The predicted octanol–water partition coefficient (Wildman–Crippen LogP) is 5.49. The Labute approximate surface area is 221 Å². The number of nitrogens with zero attached hydrogens (tertiary/aromatic N) is 3. The number of halogens is 1. The number of pyridine rings is 1. The topological polar surface area (TPSA) is 71.4 Å². The van der Waals surface area contributed by atoms with Crippen molar-refractivity contribution in [2.45, 2.75) is 51.4 Å². The molecule has 2 fully saturated rings. The molecule has 0 bridgehead atoms. The minimum atomic E-state index is -0.157. The number of hydrogen-bond donors (Lipinski definition) is 2. The van der Waals surface area contributed by atoms with Crippen molar-refractivity contribution < 1.29 is 9.53 Å². The van der Waals surface area contributed by atoms with Crippen LogP contribution in [0, 0.1) is 5.92 Å². The third-order valence-corrected chi connectivity index (χ3v) is 7.33. The SMILES string of the molecule is CC(C)C(=O)Nc1ccc(N2C(=S)N[C@H](c3ccccn3)[C@@H]2c2cccn2C[C@@H]2CCCO2)cc1Cl. The molecule has 7 nitrogen and oxygen atoms in total. The Morgan fingerprint density at radius 2 is 2.14 bits per heavy atom. The molecule has 5 rings (SSSR count). The largest absolute Gasteiger partial charge is 0.376 e. The molecule has 2 aromatic heterocycles. The van der Waals surface area contributed by atoms with Crippen LogP contribution in [0.4, 0.5) is 11.4 Å². The van der Waals surface area contributed by atoms with E-state index in [0.717, 1.165) is 43.1 Å². The van der Waals surface area contributed by atoms with Gasteiger partial charge in [0, 0.05) is 42.8 Å². The minimum Gasteiger partial charge on any atom is -0.376 e. The number of hydrogen-bond acceptors (Lipinski definition) is 4. The predicted molar refractivity (Wildman–Crippen MR) is 146 cm³/mol. The van der Waals surface area contributed by atoms with Crippen LogP contribution in [-0.4, -0.2) is 33.3 Å². The van der Waals surface area contributed by atoms with Crippen molar-refractivity contribution in [1.82, 2.24) is 14.9 Å². The normalized spacial score (nSPS) is 21.7. The molecule has 2 aliphatic heterocycles. The van der Waals surface area contributed by atoms with E-state index in [9.17, 15) is 4.79 Å². The molecule has 36 heavy (non-hydrogen) atoms. The van der Waals surface area contributed by atoms with Crippen LogP contribution < -0.4 is 15.5 Å². The third kappa shape index (κ3) is 4.98. The summed E-state index contributed by atoms with van der Waals surface area (Å²) in [6.45, 7) is 5.30. The lowest BCUT2D eigenvalue weighted by Crippen LogP contribution is -2.31. The number of nitrogens with one attached hydrogen (secondary N) is 2. The van der Waals surface area contributed by atoms with Crippen molar-refractivity contribution in [3.8, 4) is 0 Å². The van der Waals surface area contributed by atoms with Gasteiger partial charge in [-0.2, -0.15) is 0 Å². The maximum Gasteiger partial charge on any atom is 0.226 e. The fourth-order valence-corrected chi connectivity index (χ4v) is 5.40. The number of amides is 1. The number of aromatic nitrogens is 2. The third-order valence-electron chi connectivity index (χ3n) is 6.70. The van der Waals surface area contributed by atoms with Crippen molar-refractivity contribution in [3.05, 3.63) is 77.3 Å². The molecule has 0 radical (unpaired) electrons. The smallest absolute Gasteiger partial charge is 0.226 e. The molecule has 0 saturated carbocycles. The molecule has 2 saturated heterocycles. The zero-order valence-corrected chi connectivity index (χ0v) is 21.9. The van der Waals surface area contributed by atoms with Crippen molar-refractivity contribution in [2.24, 2.45) is 5.92 Å². The first-order chi connectivity index (χ1) is 17.4. The lowest BCUT2D eigenvalue weighted by atomic mass is 10.0. The van der Waals surface area contributed by atoms with Crippen LogP contribution in [0.15, 0.2) is 60.9 Å². The molecular weight excluding hydrogens is 494 g/mol. The summed E-state index contributed by atoms with van der Waals surface area (Å²) in [5.41, 5.74) is 3.44. The maximum atomic E-state index is 12.2. The van der Waals surface area contributed by atoms with E-state index in [-0.39, 0.29) is 30.0 Å². The van der Waals surface area contributed by atoms with E-state index < -0.39 is 0 Å². The van der Waals surface area contributed by atoms with Gasteiger partial charge in [-0.25, -0.2) is 0 Å². The summed E-state index contributed by atoms with van der Waals surface area (Å²) in [6, 6.07) is 15.4. The zero-order chi connectivity index (χ0) is 25.2. The van der Waals surface area contributed by atoms with Gasteiger partial charge >= 0.3 is 0 Å². The first-order valence-electron chi connectivity index (χ1n) is 12.3. The van der Waals surface area contributed by atoms with Gasteiger partial charge < -0.3 is 24.8 Å². The summed E-state index contributed by atoms with van der Waals surface area (Å²) < 4.78 is 8.19.